The highest BCUT2D eigenvalue weighted by atomic mass is 16.7. The molecule has 9 nitrogen and oxygen atoms in total. The number of allylic oxidation sites excluding steroid dienone is 2. The Labute approximate surface area is 149 Å². The van der Waals surface area contributed by atoms with Crippen LogP contribution in [-0.4, -0.2) is 23.2 Å². The maximum Gasteiger partial charge on any atom is 0.513 e. The Bertz CT molecular complexity index is 963. The molecule has 2 aromatic rings. The van der Waals surface area contributed by atoms with Crippen LogP contribution >= 0.6 is 0 Å². The molecule has 0 amide bonds. The summed E-state index contributed by atoms with van der Waals surface area (Å²) in [5.41, 5.74) is 13.7. The van der Waals surface area contributed by atoms with Crippen LogP contribution in [0.5, 0.6) is 0 Å². The molecule has 9 heteroatoms. The van der Waals surface area contributed by atoms with Crippen LogP contribution in [0, 0.1) is 11.3 Å². The normalized spacial score (nSPS) is 15.5. The third kappa shape index (κ3) is 2.84. The molecule has 26 heavy (non-hydrogen) atoms. The van der Waals surface area contributed by atoms with E-state index in [0.717, 1.165) is 0 Å². The zero-order chi connectivity index (χ0) is 18.8. The fourth-order valence-corrected chi connectivity index (χ4v) is 2.89. The summed E-state index contributed by atoms with van der Waals surface area (Å²) in [4.78, 5) is 19.9. The number of nitrogens with two attached hydrogens (primary N) is 2. The van der Waals surface area contributed by atoms with Crippen LogP contribution in [0.3, 0.4) is 0 Å². The third-order valence-electron chi connectivity index (χ3n) is 3.97. The second kappa shape index (κ2) is 6.60. The average Bonchev–Trinajstić information content (AvgIpc) is 2.62. The van der Waals surface area contributed by atoms with Crippen molar-refractivity contribution in [3.8, 4) is 6.07 Å². The van der Waals surface area contributed by atoms with Crippen molar-refractivity contribution in [1.29, 1.82) is 5.26 Å². The molecule has 0 spiro atoms. The summed E-state index contributed by atoms with van der Waals surface area (Å²) >= 11 is 0. The number of hydrogen-bond acceptors (Lipinski definition) is 9. The second-order valence-corrected chi connectivity index (χ2v) is 5.53. The first kappa shape index (κ1) is 17.0. The molecule has 1 aromatic heterocycles. The van der Waals surface area contributed by atoms with Gasteiger partial charge in [0.1, 0.15) is 17.4 Å². The molecule has 0 saturated heterocycles. The summed E-state index contributed by atoms with van der Waals surface area (Å²) in [5, 5.41) is 12.5. The van der Waals surface area contributed by atoms with Gasteiger partial charge in [-0.3, -0.25) is 0 Å². The van der Waals surface area contributed by atoms with Gasteiger partial charge < -0.3 is 26.3 Å². The van der Waals surface area contributed by atoms with Crippen LogP contribution in [0.25, 0.3) is 0 Å². The van der Waals surface area contributed by atoms with Gasteiger partial charge in [-0.05, 0) is 18.6 Å². The van der Waals surface area contributed by atoms with Crippen molar-refractivity contribution in [3.63, 3.8) is 0 Å². The highest BCUT2D eigenvalue weighted by molar-refractivity contribution is 5.72. The van der Waals surface area contributed by atoms with E-state index in [0.29, 0.717) is 28.2 Å². The van der Waals surface area contributed by atoms with Gasteiger partial charge in [-0.25, -0.2) is 4.79 Å². The molecule has 1 aliphatic heterocycles. The lowest BCUT2D eigenvalue weighted by Crippen LogP contribution is -2.25. The largest absolute Gasteiger partial charge is 0.513 e. The number of benzene rings is 1. The van der Waals surface area contributed by atoms with Gasteiger partial charge in [0.25, 0.3) is 0 Å². The van der Waals surface area contributed by atoms with Gasteiger partial charge in [0, 0.05) is 0 Å². The van der Waals surface area contributed by atoms with Crippen molar-refractivity contribution in [2.24, 2.45) is 0 Å². The Hall–Kier alpha value is -3.80. The minimum atomic E-state index is -0.890. The maximum atomic E-state index is 11.8. The van der Waals surface area contributed by atoms with Crippen molar-refractivity contribution in [2.75, 3.05) is 23.9 Å². The highest BCUT2D eigenvalue weighted by Gasteiger charge is 2.36. The Kier molecular flexibility index (Phi) is 4.33. The van der Waals surface area contributed by atoms with Gasteiger partial charge in [-0.15, -0.1) is 0 Å². The lowest BCUT2D eigenvalue weighted by Gasteiger charge is -2.30. The molecule has 0 bridgehead atoms. The van der Waals surface area contributed by atoms with E-state index in [9.17, 15) is 10.1 Å². The lowest BCUT2D eigenvalue weighted by molar-refractivity contribution is 0.0929. The number of aromatic nitrogens is 2. The van der Waals surface area contributed by atoms with Crippen LogP contribution in [0.4, 0.5) is 22.4 Å². The van der Waals surface area contributed by atoms with Gasteiger partial charge in [0.2, 0.25) is 5.95 Å². The van der Waals surface area contributed by atoms with Crippen molar-refractivity contribution in [3.05, 3.63) is 52.4 Å². The smallest absolute Gasteiger partial charge is 0.437 e. The number of ether oxygens (including phenoxy) is 2. The number of fused-ring (bicyclic) bond motifs is 1. The molecule has 0 saturated carbocycles. The van der Waals surface area contributed by atoms with Crippen molar-refractivity contribution in [1.82, 2.24) is 9.97 Å². The van der Waals surface area contributed by atoms with E-state index in [1.807, 2.05) is 0 Å². The fourth-order valence-electron chi connectivity index (χ4n) is 2.89. The summed E-state index contributed by atoms with van der Waals surface area (Å²) in [6.45, 7) is 1.71. The first-order valence-corrected chi connectivity index (χ1v) is 7.61. The number of nitrogen functional groups attached to an aromatic ring is 2. The molecule has 1 atom stereocenters. The molecule has 1 aromatic carbocycles. The molecule has 1 aliphatic rings. The first-order valence-electron chi connectivity index (χ1n) is 7.61. The van der Waals surface area contributed by atoms with E-state index in [2.05, 4.69) is 26.1 Å². The average molecular weight is 352 g/mol. The summed E-state index contributed by atoms with van der Waals surface area (Å²) in [5.74, 6) is 0.0822. The number of nitriles is 1. The number of anilines is 3. The molecule has 1 unspecified atom stereocenters. The topological polar surface area (TPSA) is 149 Å². The van der Waals surface area contributed by atoms with Crippen molar-refractivity contribution in [2.45, 2.75) is 12.8 Å². The Morgan fingerprint density at radius 1 is 1.31 bits per heavy atom. The SMILES string of the molecule is COC(=O)OC1=C(C)Nc2nc(N)nc(N)c2C1c1ccccc1C#N. The second-order valence-electron chi connectivity index (χ2n) is 5.53. The number of nitrogens with one attached hydrogen (secondary N) is 1. The van der Waals surface area contributed by atoms with E-state index in [4.69, 9.17) is 16.2 Å². The van der Waals surface area contributed by atoms with E-state index in [-0.39, 0.29) is 17.5 Å². The molecule has 0 radical (unpaired) electrons. The molecule has 5 N–H and O–H groups in total. The minimum absolute atomic E-state index is 0.00575. The quantitative estimate of drug-likeness (QED) is 0.690. The van der Waals surface area contributed by atoms with Gasteiger partial charge in [-0.2, -0.15) is 15.2 Å². The van der Waals surface area contributed by atoms with Crippen molar-refractivity contribution < 1.29 is 14.3 Å². The van der Waals surface area contributed by atoms with Gasteiger partial charge in [0.15, 0.2) is 0 Å². The predicted octanol–water partition coefficient (Wildman–Crippen LogP) is 2.08. The van der Waals surface area contributed by atoms with Crippen LogP contribution < -0.4 is 16.8 Å². The molecule has 0 fully saturated rings. The Morgan fingerprint density at radius 3 is 2.73 bits per heavy atom. The number of carbonyl (C=O) groups is 1. The summed E-state index contributed by atoms with van der Waals surface area (Å²) in [6, 6.07) is 9.07. The van der Waals surface area contributed by atoms with Gasteiger partial charge in [0.05, 0.1) is 35.9 Å². The molecule has 2 heterocycles. The molecular formula is C17H16N6O3. The zero-order valence-electron chi connectivity index (χ0n) is 14.1. The molecule has 132 valence electrons. The number of methoxy groups -OCH3 is 1. The zero-order valence-corrected chi connectivity index (χ0v) is 14.1. The fraction of sp³-hybridized carbons (Fsp3) is 0.176. The maximum absolute atomic E-state index is 11.8. The standard InChI is InChI=1S/C17H16N6O3/c1-8-13(26-17(24)25-2)11(10-6-4-3-5-9(10)7-18)12-14(19)22-16(20)23-15(12)21-8/h3-6,11H,1-2H3,(H5,19,20,21,22,23). The minimum Gasteiger partial charge on any atom is -0.437 e. The Balaban J connectivity index is 2.28. The third-order valence-corrected chi connectivity index (χ3v) is 3.97. The van der Waals surface area contributed by atoms with Gasteiger partial charge >= 0.3 is 6.16 Å². The predicted molar refractivity (Wildman–Crippen MR) is 93.7 cm³/mol. The molecular weight excluding hydrogens is 336 g/mol. The highest BCUT2D eigenvalue weighted by Crippen LogP contribution is 2.44. The van der Waals surface area contributed by atoms with Crippen LogP contribution in [0.15, 0.2) is 35.7 Å². The number of rotatable bonds is 2. The van der Waals surface area contributed by atoms with Crippen LogP contribution in [0.2, 0.25) is 0 Å². The van der Waals surface area contributed by atoms with Crippen LogP contribution in [-0.2, 0) is 9.47 Å². The molecule has 3 rings (SSSR count). The summed E-state index contributed by atoms with van der Waals surface area (Å²) in [6.07, 6.45) is -0.890. The monoisotopic (exact) mass is 352 g/mol. The first-order chi connectivity index (χ1) is 12.5. The lowest BCUT2D eigenvalue weighted by atomic mass is 9.84. The number of nitrogens with zero attached hydrogens (tertiary/aromatic N) is 3. The van der Waals surface area contributed by atoms with E-state index < -0.39 is 12.1 Å². The number of hydrogen-bond donors (Lipinski definition) is 3. The number of carbonyl (C=O) groups excluding carboxylic acids is 1. The van der Waals surface area contributed by atoms with E-state index in [1.54, 1.807) is 31.2 Å². The summed E-state index contributed by atoms with van der Waals surface area (Å²) < 4.78 is 9.97. The van der Waals surface area contributed by atoms with Crippen molar-refractivity contribution >= 4 is 23.7 Å². The van der Waals surface area contributed by atoms with Gasteiger partial charge in [-0.1, -0.05) is 18.2 Å². The Morgan fingerprint density at radius 2 is 2.04 bits per heavy atom. The van der Waals surface area contributed by atoms with E-state index in [1.165, 1.54) is 7.11 Å². The summed E-state index contributed by atoms with van der Waals surface area (Å²) in [7, 11) is 1.21. The van der Waals surface area contributed by atoms with Crippen LogP contribution in [0.1, 0.15) is 29.5 Å². The van der Waals surface area contributed by atoms with E-state index >= 15 is 0 Å². The molecule has 0 aliphatic carbocycles.